The molecule has 0 saturated carbocycles. The van der Waals surface area contributed by atoms with E-state index in [1.165, 1.54) is 24.4 Å². The molecule has 3 heterocycles. The fourth-order valence-electron chi connectivity index (χ4n) is 3.84. The summed E-state index contributed by atoms with van der Waals surface area (Å²) in [5, 5.41) is 21.7. The van der Waals surface area contributed by atoms with Crippen molar-refractivity contribution in [2.75, 3.05) is 0 Å². The highest BCUT2D eigenvalue weighted by Gasteiger charge is 2.33. The van der Waals surface area contributed by atoms with Gasteiger partial charge in [0.05, 0.1) is 33.5 Å². The van der Waals surface area contributed by atoms with Crippen LogP contribution in [0.2, 0.25) is 0 Å². The maximum absolute atomic E-state index is 13.9. The van der Waals surface area contributed by atoms with Gasteiger partial charge < -0.3 is 19.0 Å². The molecule has 0 amide bonds. The largest absolute Gasteiger partial charge is 0.507 e. The predicted octanol–water partition coefficient (Wildman–Crippen LogP) is 4.16. The summed E-state index contributed by atoms with van der Waals surface area (Å²) in [7, 11) is 0. The van der Waals surface area contributed by atoms with Gasteiger partial charge in [0.2, 0.25) is 0 Å². The molecule has 0 saturated heterocycles. The van der Waals surface area contributed by atoms with E-state index >= 15 is 0 Å². The number of aromatic nitrogens is 1. The van der Waals surface area contributed by atoms with Crippen molar-refractivity contribution >= 4 is 21.9 Å². The van der Waals surface area contributed by atoms with Gasteiger partial charge in [-0.15, -0.1) is 0 Å². The average molecular weight is 449 g/mol. The molecule has 3 aromatic heterocycles. The summed E-state index contributed by atoms with van der Waals surface area (Å²) in [4.78, 5) is 30.0. The van der Waals surface area contributed by atoms with E-state index in [2.05, 4.69) is 4.98 Å². The van der Waals surface area contributed by atoms with Gasteiger partial charge >= 0.3 is 11.3 Å². The molecule has 0 bridgehead atoms. The van der Waals surface area contributed by atoms with Crippen LogP contribution in [0.15, 0.2) is 79.2 Å². The minimum absolute atomic E-state index is 0.0780. The van der Waals surface area contributed by atoms with Gasteiger partial charge in [-0.3, -0.25) is 4.98 Å². The van der Waals surface area contributed by atoms with Crippen molar-refractivity contribution in [1.29, 1.82) is 0 Å². The summed E-state index contributed by atoms with van der Waals surface area (Å²) >= 11 is 0. The minimum atomic E-state index is -1.47. The van der Waals surface area contributed by atoms with E-state index in [9.17, 15) is 28.6 Å². The Bertz CT molecular complexity index is 1550. The molecule has 0 fully saturated rings. The summed E-state index contributed by atoms with van der Waals surface area (Å²) in [5.74, 6) is -4.19. The predicted molar refractivity (Wildman–Crippen MR) is 113 cm³/mol. The van der Waals surface area contributed by atoms with E-state index < -0.39 is 51.4 Å². The van der Waals surface area contributed by atoms with Crippen LogP contribution in [0.3, 0.4) is 0 Å². The Balaban J connectivity index is 1.91. The molecular formula is C24H13F2NO6. The van der Waals surface area contributed by atoms with Crippen LogP contribution in [0.5, 0.6) is 11.5 Å². The van der Waals surface area contributed by atoms with E-state index in [0.717, 1.165) is 24.3 Å². The number of fused-ring (bicyclic) bond motifs is 2. The topological polar surface area (TPSA) is 114 Å². The van der Waals surface area contributed by atoms with Crippen LogP contribution in [0.4, 0.5) is 8.78 Å². The second kappa shape index (κ2) is 7.56. The summed E-state index contributed by atoms with van der Waals surface area (Å²) < 4.78 is 38.2. The van der Waals surface area contributed by atoms with Gasteiger partial charge in [0.1, 0.15) is 34.3 Å². The lowest BCUT2D eigenvalue weighted by Gasteiger charge is -2.18. The van der Waals surface area contributed by atoms with Gasteiger partial charge in [-0.25, -0.2) is 18.4 Å². The number of halogens is 2. The van der Waals surface area contributed by atoms with Crippen molar-refractivity contribution in [3.8, 4) is 11.5 Å². The van der Waals surface area contributed by atoms with Gasteiger partial charge in [-0.05, 0) is 48.5 Å². The van der Waals surface area contributed by atoms with Crippen LogP contribution in [0.25, 0.3) is 21.9 Å². The van der Waals surface area contributed by atoms with E-state index in [1.54, 1.807) is 12.1 Å². The highest BCUT2D eigenvalue weighted by Crippen LogP contribution is 2.41. The van der Waals surface area contributed by atoms with E-state index in [-0.39, 0.29) is 27.6 Å². The number of benzene rings is 2. The molecule has 0 aliphatic carbocycles. The van der Waals surface area contributed by atoms with Gasteiger partial charge in [-0.2, -0.15) is 0 Å². The Morgan fingerprint density at radius 3 is 1.73 bits per heavy atom. The number of nitrogens with zero attached hydrogens (tertiary/aromatic N) is 1. The zero-order valence-corrected chi connectivity index (χ0v) is 16.6. The second-order valence-corrected chi connectivity index (χ2v) is 7.27. The molecule has 5 aromatic rings. The summed E-state index contributed by atoms with van der Waals surface area (Å²) in [6.07, 6.45) is 1.38. The van der Waals surface area contributed by atoms with Crippen molar-refractivity contribution in [3.05, 3.63) is 110 Å². The summed E-state index contributed by atoms with van der Waals surface area (Å²) in [5.41, 5.74) is -3.11. The first-order chi connectivity index (χ1) is 15.8. The Morgan fingerprint density at radius 1 is 0.758 bits per heavy atom. The first kappa shape index (κ1) is 20.4. The summed E-state index contributed by atoms with van der Waals surface area (Å²) in [6, 6.07) is 11.0. The van der Waals surface area contributed by atoms with Crippen molar-refractivity contribution in [1.82, 2.24) is 4.98 Å². The fourth-order valence-corrected chi connectivity index (χ4v) is 3.84. The fraction of sp³-hybridized carbons (Fsp3) is 0.0417. The SMILES string of the molecule is O=c1oc2ccc(F)cc2c(O)c1C(c1ccccn1)c1c(O)c2cc(F)ccc2oc1=O. The van der Waals surface area contributed by atoms with Crippen LogP contribution in [0.1, 0.15) is 22.7 Å². The van der Waals surface area contributed by atoms with Crippen molar-refractivity contribution in [2.45, 2.75) is 5.92 Å². The zero-order chi connectivity index (χ0) is 23.3. The van der Waals surface area contributed by atoms with Crippen LogP contribution < -0.4 is 11.3 Å². The Labute approximate surface area is 182 Å². The lowest BCUT2D eigenvalue weighted by atomic mass is 9.87. The maximum atomic E-state index is 13.9. The van der Waals surface area contributed by atoms with Gasteiger partial charge in [0, 0.05) is 6.20 Å². The van der Waals surface area contributed by atoms with Crippen LogP contribution in [-0.2, 0) is 0 Å². The molecule has 0 aliphatic heterocycles. The Morgan fingerprint density at radius 2 is 1.27 bits per heavy atom. The van der Waals surface area contributed by atoms with E-state index in [4.69, 9.17) is 8.83 Å². The van der Waals surface area contributed by atoms with Gasteiger partial charge in [0.15, 0.2) is 0 Å². The molecule has 0 atom stereocenters. The number of aromatic hydroxyl groups is 2. The van der Waals surface area contributed by atoms with E-state index in [0.29, 0.717) is 0 Å². The number of pyridine rings is 1. The molecule has 164 valence electrons. The standard InChI is InChI=1S/C24H13F2NO6/c25-11-4-6-16-13(9-11)21(28)19(23(30)32-16)18(15-3-1-2-8-27-15)20-22(29)14-10-12(26)5-7-17(14)33-24(20)31/h1-10,18,28-29H. The highest BCUT2D eigenvalue weighted by molar-refractivity contribution is 5.87. The number of hydrogen-bond donors (Lipinski definition) is 2. The van der Waals surface area contributed by atoms with E-state index in [1.807, 2.05) is 0 Å². The second-order valence-electron chi connectivity index (χ2n) is 7.27. The molecule has 9 heteroatoms. The zero-order valence-electron chi connectivity index (χ0n) is 16.6. The van der Waals surface area contributed by atoms with Crippen LogP contribution in [0, 0.1) is 11.6 Å². The number of rotatable bonds is 3. The third kappa shape index (κ3) is 3.30. The maximum Gasteiger partial charge on any atom is 0.344 e. The van der Waals surface area contributed by atoms with Gasteiger partial charge in [-0.1, -0.05) is 6.07 Å². The lowest BCUT2D eigenvalue weighted by molar-refractivity contribution is 0.440. The molecule has 2 N–H and O–H groups in total. The smallest absolute Gasteiger partial charge is 0.344 e. The molecule has 7 nitrogen and oxygen atoms in total. The van der Waals surface area contributed by atoms with Crippen molar-refractivity contribution in [3.63, 3.8) is 0 Å². The molecule has 0 spiro atoms. The highest BCUT2D eigenvalue weighted by atomic mass is 19.1. The molecule has 0 unspecified atom stereocenters. The normalized spacial score (nSPS) is 11.5. The van der Waals surface area contributed by atoms with Crippen LogP contribution >= 0.6 is 0 Å². The first-order valence-corrected chi connectivity index (χ1v) is 9.66. The Kier molecular flexibility index (Phi) is 4.67. The molecule has 33 heavy (non-hydrogen) atoms. The average Bonchev–Trinajstić information content (AvgIpc) is 2.80. The van der Waals surface area contributed by atoms with Gasteiger partial charge in [0.25, 0.3) is 0 Å². The first-order valence-electron chi connectivity index (χ1n) is 9.66. The third-order valence-corrected chi connectivity index (χ3v) is 5.31. The third-order valence-electron chi connectivity index (χ3n) is 5.31. The number of hydrogen-bond acceptors (Lipinski definition) is 7. The lowest BCUT2D eigenvalue weighted by Crippen LogP contribution is -2.22. The van der Waals surface area contributed by atoms with Crippen molar-refractivity contribution < 1.29 is 27.8 Å². The monoisotopic (exact) mass is 449 g/mol. The summed E-state index contributed by atoms with van der Waals surface area (Å²) in [6.45, 7) is 0. The molecule has 5 rings (SSSR count). The molecule has 0 aliphatic rings. The van der Waals surface area contributed by atoms with Crippen LogP contribution in [-0.4, -0.2) is 15.2 Å². The van der Waals surface area contributed by atoms with Crippen molar-refractivity contribution in [2.24, 2.45) is 0 Å². The Hall–Kier alpha value is -4.53. The quantitative estimate of drug-likeness (QED) is 0.398. The minimum Gasteiger partial charge on any atom is -0.507 e. The molecule has 0 radical (unpaired) electrons. The molecule has 2 aromatic carbocycles. The molecular weight excluding hydrogens is 436 g/mol.